The average molecular weight is 615 g/mol. The molecule has 0 aromatic heterocycles. The van der Waals surface area contributed by atoms with Crippen LogP contribution in [-0.4, -0.2) is 58.5 Å². The molecule has 2 heterocycles. The van der Waals surface area contributed by atoms with Crippen molar-refractivity contribution >= 4 is 35.5 Å². The van der Waals surface area contributed by atoms with Crippen LogP contribution in [0.1, 0.15) is 78.9 Å². The van der Waals surface area contributed by atoms with E-state index in [2.05, 4.69) is 24.3 Å². The Kier molecular flexibility index (Phi) is 9.27. The monoisotopic (exact) mass is 614 g/mol. The first-order valence-electron chi connectivity index (χ1n) is 14.5. The number of carboxylic acids is 3. The third kappa shape index (κ3) is 7.13. The first kappa shape index (κ1) is 30.8. The molecule has 5 rings (SSSR count). The molecule has 2 aromatic carbocycles. The highest BCUT2D eigenvalue weighted by Gasteiger charge is 2.49. The van der Waals surface area contributed by atoms with Gasteiger partial charge in [-0.05, 0) is 53.4 Å². The summed E-state index contributed by atoms with van der Waals surface area (Å²) < 4.78 is 17.7. The molecule has 1 aliphatic carbocycles. The Morgan fingerprint density at radius 1 is 0.930 bits per heavy atom. The maximum atomic E-state index is 12.1. The fourth-order valence-electron chi connectivity index (χ4n) is 6.66. The minimum Gasteiger partial charge on any atom is -0.491 e. The van der Waals surface area contributed by atoms with E-state index in [9.17, 15) is 34.5 Å². The van der Waals surface area contributed by atoms with Crippen molar-refractivity contribution in [1.29, 1.82) is 0 Å². The number of aliphatic carboxylic acids is 3. The van der Waals surface area contributed by atoms with E-state index in [1.807, 2.05) is 6.07 Å². The largest absolute Gasteiger partial charge is 0.491 e. The summed E-state index contributed by atoms with van der Waals surface area (Å²) in [5.74, 6) is -5.74. The molecule has 11 heteroatoms. The fraction of sp³-hybridized carbons (Fsp3) is 0.500. The van der Waals surface area contributed by atoms with E-state index in [0.29, 0.717) is 41.7 Å². The zero-order valence-corrected chi connectivity index (χ0v) is 24.5. The summed E-state index contributed by atoms with van der Waals surface area (Å²) in [6.07, 6.45) is 0.0400. The van der Waals surface area contributed by atoms with Gasteiger partial charge in [0, 0.05) is 37.2 Å². The van der Waals surface area contributed by atoms with Crippen LogP contribution in [0.3, 0.4) is 0 Å². The van der Waals surface area contributed by atoms with Crippen molar-refractivity contribution < 1.29 is 48.7 Å². The number of carbonyl (C=O) groups is 4. The van der Waals surface area contributed by atoms with Gasteiger partial charge in [0.05, 0.1) is 36.7 Å². The van der Waals surface area contributed by atoms with E-state index >= 15 is 0 Å². The highest BCUT2D eigenvalue weighted by atomic mass is 35.5. The molecule has 0 spiro atoms. The number of esters is 1. The first-order chi connectivity index (χ1) is 20.5. The highest BCUT2D eigenvalue weighted by Crippen LogP contribution is 2.51. The second kappa shape index (κ2) is 12.9. The summed E-state index contributed by atoms with van der Waals surface area (Å²) in [5, 5.41) is 29.9. The number of carboxylic acid groups (broad SMARTS) is 3. The van der Waals surface area contributed by atoms with Gasteiger partial charge >= 0.3 is 23.9 Å². The molecular formula is C32H35ClO10. The maximum Gasteiger partial charge on any atom is 0.303 e. The summed E-state index contributed by atoms with van der Waals surface area (Å²) in [6, 6.07) is 10.3. The van der Waals surface area contributed by atoms with Crippen molar-refractivity contribution in [2.24, 2.45) is 17.8 Å². The van der Waals surface area contributed by atoms with Crippen LogP contribution in [0.2, 0.25) is 5.02 Å². The summed E-state index contributed by atoms with van der Waals surface area (Å²) in [6.45, 7) is 1.27. The molecule has 2 aliphatic heterocycles. The second-order valence-corrected chi connectivity index (χ2v) is 12.1. The quantitative estimate of drug-likeness (QED) is 0.277. The van der Waals surface area contributed by atoms with E-state index in [1.54, 1.807) is 0 Å². The lowest BCUT2D eigenvalue weighted by atomic mass is 9.67. The van der Waals surface area contributed by atoms with E-state index in [1.165, 1.54) is 25.3 Å². The van der Waals surface area contributed by atoms with Gasteiger partial charge in [-0.3, -0.25) is 19.2 Å². The molecule has 0 amide bonds. The van der Waals surface area contributed by atoms with Crippen LogP contribution in [0.15, 0.2) is 30.3 Å². The average Bonchev–Trinajstić information content (AvgIpc) is 3.67. The molecular weight excluding hydrogens is 580 g/mol. The SMILES string of the molecule is CC(=O)OC[C@@H]1O[C@H](c2cc(Cc3ccc(C4CC4)cc3)c(Cl)c3c2CCO3)[C@@H](CC(=O)O)[C@@H](CC(=O)O)[C@H]1CC(=O)O. The number of hydrogen-bond donors (Lipinski definition) is 3. The Morgan fingerprint density at radius 3 is 2.16 bits per heavy atom. The molecule has 0 unspecified atom stereocenters. The van der Waals surface area contributed by atoms with Crippen LogP contribution < -0.4 is 4.74 Å². The number of carbonyl (C=O) groups excluding carboxylic acids is 1. The topological polar surface area (TPSA) is 157 Å². The van der Waals surface area contributed by atoms with E-state index in [0.717, 1.165) is 16.7 Å². The van der Waals surface area contributed by atoms with Crippen LogP contribution in [-0.2, 0) is 41.5 Å². The molecule has 1 saturated carbocycles. The van der Waals surface area contributed by atoms with Crippen molar-refractivity contribution in [2.45, 2.75) is 70.0 Å². The van der Waals surface area contributed by atoms with Crippen LogP contribution in [0.5, 0.6) is 5.75 Å². The summed E-state index contributed by atoms with van der Waals surface area (Å²) in [5.41, 5.74) is 4.45. The molecule has 5 atom stereocenters. The fourth-order valence-corrected chi connectivity index (χ4v) is 6.95. The Balaban J connectivity index is 1.58. The highest BCUT2D eigenvalue weighted by molar-refractivity contribution is 6.33. The van der Waals surface area contributed by atoms with Gasteiger partial charge in [0.15, 0.2) is 0 Å². The number of halogens is 1. The van der Waals surface area contributed by atoms with Crippen LogP contribution >= 0.6 is 11.6 Å². The van der Waals surface area contributed by atoms with Gasteiger partial charge in [-0.2, -0.15) is 0 Å². The van der Waals surface area contributed by atoms with E-state index in [4.69, 9.17) is 25.8 Å². The number of ether oxygens (including phenoxy) is 3. The van der Waals surface area contributed by atoms with Gasteiger partial charge in [-0.25, -0.2) is 0 Å². The molecule has 1 saturated heterocycles. The van der Waals surface area contributed by atoms with Gasteiger partial charge in [0.25, 0.3) is 0 Å². The minimum absolute atomic E-state index is 0.299. The molecule has 10 nitrogen and oxygen atoms in total. The van der Waals surface area contributed by atoms with Crippen molar-refractivity contribution in [3.05, 3.63) is 63.2 Å². The summed E-state index contributed by atoms with van der Waals surface area (Å²) in [4.78, 5) is 47.8. The van der Waals surface area contributed by atoms with E-state index < -0.39 is 73.1 Å². The van der Waals surface area contributed by atoms with Crippen molar-refractivity contribution in [2.75, 3.05) is 13.2 Å². The van der Waals surface area contributed by atoms with Gasteiger partial charge in [0.2, 0.25) is 0 Å². The number of rotatable bonds is 12. The second-order valence-electron chi connectivity index (χ2n) is 11.7. The smallest absolute Gasteiger partial charge is 0.303 e. The minimum atomic E-state index is -1.19. The first-order valence-corrected chi connectivity index (χ1v) is 14.9. The van der Waals surface area contributed by atoms with Gasteiger partial charge < -0.3 is 29.5 Å². The Labute approximate surface area is 253 Å². The lowest BCUT2D eigenvalue weighted by Crippen LogP contribution is -2.48. The lowest BCUT2D eigenvalue weighted by Gasteiger charge is -2.46. The normalized spacial score (nSPS) is 24.6. The van der Waals surface area contributed by atoms with Crippen molar-refractivity contribution in [3.63, 3.8) is 0 Å². The lowest BCUT2D eigenvalue weighted by molar-refractivity contribution is -0.189. The van der Waals surface area contributed by atoms with E-state index in [-0.39, 0.29) is 6.61 Å². The predicted molar refractivity (Wildman–Crippen MR) is 153 cm³/mol. The van der Waals surface area contributed by atoms with Crippen molar-refractivity contribution in [3.8, 4) is 5.75 Å². The molecule has 0 bridgehead atoms. The Bertz CT molecular complexity index is 1400. The molecule has 0 radical (unpaired) electrons. The van der Waals surface area contributed by atoms with Crippen molar-refractivity contribution in [1.82, 2.24) is 0 Å². The third-order valence-corrected chi connectivity index (χ3v) is 9.15. The number of benzene rings is 2. The zero-order valence-electron chi connectivity index (χ0n) is 23.8. The van der Waals surface area contributed by atoms with Crippen LogP contribution in [0.25, 0.3) is 0 Å². The zero-order chi connectivity index (χ0) is 30.8. The van der Waals surface area contributed by atoms with Gasteiger partial charge in [-0.1, -0.05) is 41.9 Å². The molecule has 3 aliphatic rings. The summed E-state index contributed by atoms with van der Waals surface area (Å²) in [7, 11) is 0. The number of hydrogen-bond acceptors (Lipinski definition) is 7. The maximum absolute atomic E-state index is 12.1. The Morgan fingerprint density at radius 2 is 1.56 bits per heavy atom. The predicted octanol–water partition coefficient (Wildman–Crippen LogP) is 5.02. The van der Waals surface area contributed by atoms with Gasteiger partial charge in [0.1, 0.15) is 12.4 Å². The molecule has 3 N–H and O–H groups in total. The third-order valence-electron chi connectivity index (χ3n) is 8.73. The molecule has 2 fully saturated rings. The summed E-state index contributed by atoms with van der Waals surface area (Å²) >= 11 is 6.86. The standard InChI is InChI=1S/C32H35ClO10/c1-16(34)42-15-26-23(13-28(37)38)22(12-27(35)36)25(14-29(39)40)31(43-26)24-11-20(30(33)32-21(24)8-9-41-32)10-17-2-4-18(5-3-17)19-6-7-19/h2-5,11,19,22-23,25-26,31H,6-10,12-15H2,1H3,(H,35,36)(H,37,38)(H,39,40)/t22-,23+,25-,26-,31+/m0/s1. The molecule has 230 valence electrons. The van der Waals surface area contributed by atoms with Crippen LogP contribution in [0.4, 0.5) is 0 Å². The van der Waals surface area contributed by atoms with Gasteiger partial charge in [-0.15, -0.1) is 0 Å². The Hall–Kier alpha value is -3.63. The number of fused-ring (bicyclic) bond motifs is 1. The van der Waals surface area contributed by atoms with Crippen LogP contribution in [0, 0.1) is 17.8 Å². The molecule has 2 aromatic rings. The molecule has 43 heavy (non-hydrogen) atoms.